The Labute approximate surface area is 71.3 Å². The summed E-state index contributed by atoms with van der Waals surface area (Å²) in [5, 5.41) is 15.9. The van der Waals surface area contributed by atoms with E-state index in [2.05, 4.69) is 6.58 Å². The maximum Gasteiger partial charge on any atom is 0.330 e. The fourth-order valence-corrected chi connectivity index (χ4v) is 0.179. The van der Waals surface area contributed by atoms with Gasteiger partial charge in [0.2, 0.25) is 0 Å². The second kappa shape index (κ2) is 9.46. The SMILES string of the molecule is C=C(C)C(=O)O.OCCCCl. The predicted octanol–water partition coefficient (Wildman–Crippen LogP) is 1.25. The van der Waals surface area contributed by atoms with Crippen molar-refractivity contribution in [1.29, 1.82) is 0 Å². The van der Waals surface area contributed by atoms with Gasteiger partial charge in [0.05, 0.1) is 0 Å². The molecule has 0 atom stereocenters. The van der Waals surface area contributed by atoms with E-state index in [1.54, 1.807) is 0 Å². The monoisotopic (exact) mass is 180 g/mol. The molecule has 66 valence electrons. The molecule has 2 N–H and O–H groups in total. The molecule has 0 saturated carbocycles. The van der Waals surface area contributed by atoms with Crippen LogP contribution < -0.4 is 0 Å². The highest BCUT2D eigenvalue weighted by molar-refractivity contribution is 6.17. The number of alkyl halides is 1. The van der Waals surface area contributed by atoms with Crippen LogP contribution in [0.25, 0.3) is 0 Å². The fourth-order valence-electron chi connectivity index (χ4n) is 0.0598. The highest BCUT2D eigenvalue weighted by Gasteiger charge is 1.90. The predicted molar refractivity (Wildman–Crippen MR) is 44.9 cm³/mol. The second-order valence-corrected chi connectivity index (χ2v) is 2.23. The first-order chi connectivity index (χ1) is 5.06. The van der Waals surface area contributed by atoms with Crippen molar-refractivity contribution in [3.8, 4) is 0 Å². The summed E-state index contributed by atoms with van der Waals surface area (Å²) in [6.07, 6.45) is 0.710. The van der Waals surface area contributed by atoms with Crippen molar-refractivity contribution < 1.29 is 15.0 Å². The average Bonchev–Trinajstić information content (AvgIpc) is 1.90. The Balaban J connectivity index is 0. The number of aliphatic hydroxyl groups is 1. The molecule has 0 aromatic carbocycles. The van der Waals surface area contributed by atoms with E-state index in [-0.39, 0.29) is 12.2 Å². The van der Waals surface area contributed by atoms with Crippen molar-refractivity contribution in [2.24, 2.45) is 0 Å². The fraction of sp³-hybridized carbons (Fsp3) is 0.571. The van der Waals surface area contributed by atoms with Crippen LogP contribution in [0, 0.1) is 0 Å². The number of aliphatic carboxylic acids is 1. The highest BCUT2D eigenvalue weighted by Crippen LogP contribution is 1.81. The van der Waals surface area contributed by atoms with E-state index in [1.807, 2.05) is 0 Å². The summed E-state index contributed by atoms with van der Waals surface area (Å²) in [5.41, 5.74) is 0.176. The number of aliphatic hydroxyl groups excluding tert-OH is 1. The summed E-state index contributed by atoms with van der Waals surface area (Å²) in [7, 11) is 0. The van der Waals surface area contributed by atoms with Crippen LogP contribution in [0.1, 0.15) is 13.3 Å². The normalized spacial score (nSPS) is 7.91. The molecule has 0 aromatic heterocycles. The number of rotatable bonds is 3. The van der Waals surface area contributed by atoms with Crippen LogP contribution in [0.3, 0.4) is 0 Å². The van der Waals surface area contributed by atoms with Crippen LogP contribution >= 0.6 is 11.6 Å². The van der Waals surface area contributed by atoms with Gasteiger partial charge in [0.1, 0.15) is 0 Å². The van der Waals surface area contributed by atoms with Crippen LogP contribution in [-0.4, -0.2) is 28.7 Å². The van der Waals surface area contributed by atoms with Gasteiger partial charge < -0.3 is 10.2 Å². The molecule has 0 fully saturated rings. The Morgan fingerprint density at radius 3 is 2.00 bits per heavy atom. The summed E-state index contributed by atoms with van der Waals surface area (Å²) < 4.78 is 0. The number of hydrogen-bond donors (Lipinski definition) is 2. The minimum absolute atomic E-state index is 0.176. The third-order valence-electron chi connectivity index (χ3n) is 0.657. The number of carboxylic acid groups (broad SMARTS) is 1. The van der Waals surface area contributed by atoms with Gasteiger partial charge in [0, 0.05) is 18.1 Å². The van der Waals surface area contributed by atoms with Gasteiger partial charge in [-0.05, 0) is 13.3 Å². The van der Waals surface area contributed by atoms with Crippen molar-refractivity contribution in [3.63, 3.8) is 0 Å². The summed E-state index contributed by atoms with van der Waals surface area (Å²) >= 11 is 5.14. The lowest BCUT2D eigenvalue weighted by Gasteiger charge is -1.79. The molecule has 0 unspecified atom stereocenters. The van der Waals surface area contributed by atoms with E-state index < -0.39 is 5.97 Å². The van der Waals surface area contributed by atoms with Gasteiger partial charge in [0.25, 0.3) is 0 Å². The van der Waals surface area contributed by atoms with E-state index in [9.17, 15) is 4.79 Å². The molecule has 0 bridgehead atoms. The van der Waals surface area contributed by atoms with Gasteiger partial charge in [-0.15, -0.1) is 11.6 Å². The van der Waals surface area contributed by atoms with Gasteiger partial charge in [0.15, 0.2) is 0 Å². The lowest BCUT2D eigenvalue weighted by Crippen LogP contribution is -1.92. The third-order valence-corrected chi connectivity index (χ3v) is 0.924. The molecule has 4 heteroatoms. The highest BCUT2D eigenvalue weighted by atomic mass is 35.5. The lowest BCUT2D eigenvalue weighted by atomic mass is 10.4. The molecule has 0 aliphatic rings. The van der Waals surface area contributed by atoms with Crippen LogP contribution in [0.15, 0.2) is 12.2 Å². The van der Waals surface area contributed by atoms with Crippen LogP contribution in [-0.2, 0) is 4.79 Å². The van der Waals surface area contributed by atoms with Gasteiger partial charge in [-0.3, -0.25) is 0 Å². The molecule has 0 saturated heterocycles. The lowest BCUT2D eigenvalue weighted by molar-refractivity contribution is -0.132. The summed E-state index contributed by atoms with van der Waals surface area (Å²) in [6, 6.07) is 0. The Bertz CT molecular complexity index is 109. The van der Waals surface area contributed by atoms with Crippen LogP contribution in [0.4, 0.5) is 0 Å². The van der Waals surface area contributed by atoms with Crippen LogP contribution in [0.5, 0.6) is 0 Å². The van der Waals surface area contributed by atoms with Gasteiger partial charge in [-0.25, -0.2) is 4.79 Å². The molecule has 0 amide bonds. The number of hydrogen-bond acceptors (Lipinski definition) is 2. The molecule has 0 aliphatic carbocycles. The summed E-state index contributed by atoms with van der Waals surface area (Å²) in [6.45, 7) is 4.81. The van der Waals surface area contributed by atoms with E-state index in [1.165, 1.54) is 6.92 Å². The molecule has 0 aromatic rings. The zero-order chi connectivity index (χ0) is 9.28. The first-order valence-electron chi connectivity index (χ1n) is 3.11. The molecule has 0 spiro atoms. The molecule has 0 rings (SSSR count). The van der Waals surface area contributed by atoms with Crippen molar-refractivity contribution in [2.75, 3.05) is 12.5 Å². The Morgan fingerprint density at radius 1 is 1.64 bits per heavy atom. The molecule has 0 radical (unpaired) electrons. The minimum Gasteiger partial charge on any atom is -0.478 e. The first kappa shape index (κ1) is 13.1. The van der Waals surface area contributed by atoms with Crippen molar-refractivity contribution in [3.05, 3.63) is 12.2 Å². The van der Waals surface area contributed by atoms with Crippen molar-refractivity contribution in [2.45, 2.75) is 13.3 Å². The van der Waals surface area contributed by atoms with Gasteiger partial charge in [-0.2, -0.15) is 0 Å². The minimum atomic E-state index is -0.935. The van der Waals surface area contributed by atoms with Crippen molar-refractivity contribution in [1.82, 2.24) is 0 Å². The topological polar surface area (TPSA) is 57.5 Å². The molecule has 0 aliphatic heterocycles. The maximum absolute atomic E-state index is 9.60. The molecular formula is C7H13ClO3. The van der Waals surface area contributed by atoms with E-state index >= 15 is 0 Å². The first-order valence-corrected chi connectivity index (χ1v) is 3.65. The number of carboxylic acids is 1. The second-order valence-electron chi connectivity index (χ2n) is 1.85. The quantitative estimate of drug-likeness (QED) is 0.508. The zero-order valence-corrected chi connectivity index (χ0v) is 7.26. The van der Waals surface area contributed by atoms with Gasteiger partial charge in [-0.1, -0.05) is 6.58 Å². The van der Waals surface area contributed by atoms with E-state index in [0.29, 0.717) is 12.3 Å². The molecule has 3 nitrogen and oxygen atoms in total. The van der Waals surface area contributed by atoms with Crippen molar-refractivity contribution >= 4 is 17.6 Å². The maximum atomic E-state index is 9.60. The standard InChI is InChI=1S/C4H6O2.C3H7ClO/c1-3(2)4(5)6;4-2-1-3-5/h1H2,2H3,(H,5,6);5H,1-3H2. The zero-order valence-electron chi connectivity index (χ0n) is 6.51. The molecular weight excluding hydrogens is 168 g/mol. The number of carbonyl (C=O) groups is 1. The molecule has 0 heterocycles. The number of halogens is 1. The summed E-state index contributed by atoms with van der Waals surface area (Å²) in [5.74, 6) is -0.369. The van der Waals surface area contributed by atoms with Crippen LogP contribution in [0.2, 0.25) is 0 Å². The van der Waals surface area contributed by atoms with E-state index in [0.717, 1.165) is 0 Å². The van der Waals surface area contributed by atoms with Gasteiger partial charge >= 0.3 is 5.97 Å². The average molecular weight is 181 g/mol. The Hall–Kier alpha value is -0.540. The smallest absolute Gasteiger partial charge is 0.330 e. The van der Waals surface area contributed by atoms with E-state index in [4.69, 9.17) is 21.8 Å². The third kappa shape index (κ3) is 17.7. The molecule has 11 heavy (non-hydrogen) atoms. The largest absolute Gasteiger partial charge is 0.478 e. The Morgan fingerprint density at radius 2 is 2.00 bits per heavy atom. The Kier molecular flexibility index (Phi) is 11.2. The summed E-state index contributed by atoms with van der Waals surface area (Å²) in [4.78, 5) is 9.60.